The van der Waals surface area contributed by atoms with Gasteiger partial charge in [0.1, 0.15) is 11.4 Å². The van der Waals surface area contributed by atoms with E-state index in [1.54, 1.807) is 39.6 Å². The van der Waals surface area contributed by atoms with Gasteiger partial charge in [0.05, 0.1) is 5.56 Å². The molecule has 1 unspecified atom stereocenters. The van der Waals surface area contributed by atoms with Gasteiger partial charge in [-0.1, -0.05) is 12.1 Å². The third-order valence-electron chi connectivity index (χ3n) is 7.25. The topological polar surface area (TPSA) is 150 Å². The fraction of sp³-hybridized carbons (Fsp3) is 0.548. The van der Waals surface area contributed by atoms with Crippen LogP contribution >= 0.6 is 0 Å². The second-order valence-electron chi connectivity index (χ2n) is 12.0. The lowest BCUT2D eigenvalue weighted by molar-refractivity contribution is 0.0509. The molecule has 2 amide bonds. The summed E-state index contributed by atoms with van der Waals surface area (Å²) in [7, 11) is 2.72. The molecule has 2 N–H and O–H groups in total. The molecule has 1 aromatic carbocycles. The largest absolute Gasteiger partial charge is 0.444 e. The van der Waals surface area contributed by atoms with E-state index in [0.29, 0.717) is 50.3 Å². The Labute approximate surface area is 272 Å². The number of aliphatic hydroxyl groups excluding tert-OH is 1. The number of ether oxygens (including phenoxy) is 1. The minimum atomic E-state index is -1.31. The predicted molar refractivity (Wildman–Crippen MR) is 167 cm³/mol. The molecule has 1 fully saturated rings. The molecule has 1 atom stereocenters. The Balaban J connectivity index is 0.00000294. The molecule has 13 nitrogen and oxygen atoms in total. The summed E-state index contributed by atoms with van der Waals surface area (Å²) in [4.78, 5) is 43.9. The van der Waals surface area contributed by atoms with Crippen LogP contribution in [0.4, 0.5) is 29.9 Å². The van der Waals surface area contributed by atoms with Crippen LogP contribution in [0, 0.1) is 17.5 Å². The number of nitrogens with zero attached hydrogens (tertiary/aromatic N) is 7. The zero-order valence-electron chi connectivity index (χ0n) is 27.8. The SMILES string of the molecule is CCc1noc(N2CCC(N(C)C(=O)c3cnc(N(Cc4cc(F)c(F)cc4F)CC(C)NC(=O)OC(C)(C)C)nc3)CC2)n1.CO. The number of alkyl carbamates (subject to hydrolysis) is 1. The monoisotopic (exact) mass is 664 g/mol. The lowest BCUT2D eigenvalue weighted by atomic mass is 10.0. The summed E-state index contributed by atoms with van der Waals surface area (Å²) in [6, 6.07) is 1.14. The van der Waals surface area contributed by atoms with Gasteiger partial charge in [0.25, 0.3) is 5.91 Å². The molecule has 16 heteroatoms. The molecule has 0 bridgehead atoms. The minimum absolute atomic E-state index is 0.0328. The molecule has 47 heavy (non-hydrogen) atoms. The van der Waals surface area contributed by atoms with Gasteiger partial charge in [-0.3, -0.25) is 4.79 Å². The van der Waals surface area contributed by atoms with Crippen LogP contribution in [0.1, 0.15) is 69.2 Å². The number of aryl methyl sites for hydroxylation is 1. The average molecular weight is 665 g/mol. The lowest BCUT2D eigenvalue weighted by Gasteiger charge is -2.35. The Hall–Kier alpha value is -4.47. The lowest BCUT2D eigenvalue weighted by Crippen LogP contribution is -2.46. The number of aliphatic hydroxyl groups is 1. The van der Waals surface area contributed by atoms with Crippen LogP contribution in [-0.2, 0) is 17.7 Å². The number of hydrogen-bond acceptors (Lipinski definition) is 11. The summed E-state index contributed by atoms with van der Waals surface area (Å²) in [6.45, 7) is 9.93. The highest BCUT2D eigenvalue weighted by Crippen LogP contribution is 2.23. The van der Waals surface area contributed by atoms with Crippen LogP contribution in [0.5, 0.6) is 0 Å². The first-order chi connectivity index (χ1) is 22.2. The van der Waals surface area contributed by atoms with Crippen molar-refractivity contribution in [2.75, 3.05) is 43.6 Å². The summed E-state index contributed by atoms with van der Waals surface area (Å²) in [6.07, 6.45) is 4.14. The number of halogens is 3. The number of anilines is 2. The van der Waals surface area contributed by atoms with Crippen molar-refractivity contribution in [1.29, 1.82) is 0 Å². The average Bonchev–Trinajstić information content (AvgIpc) is 3.52. The number of benzene rings is 1. The predicted octanol–water partition coefficient (Wildman–Crippen LogP) is 4.11. The number of carbonyl (C=O) groups excluding carboxylic acids is 2. The van der Waals surface area contributed by atoms with Crippen LogP contribution < -0.4 is 15.1 Å². The Morgan fingerprint density at radius 3 is 2.30 bits per heavy atom. The van der Waals surface area contributed by atoms with Crippen molar-refractivity contribution >= 4 is 24.0 Å². The smallest absolute Gasteiger partial charge is 0.407 e. The molecular formula is C31H43F3N8O5. The van der Waals surface area contributed by atoms with Gasteiger partial charge in [0, 0.05) is 82.9 Å². The molecule has 0 saturated carbocycles. The summed E-state index contributed by atoms with van der Waals surface area (Å²) in [5, 5.41) is 13.6. The van der Waals surface area contributed by atoms with E-state index >= 15 is 0 Å². The van der Waals surface area contributed by atoms with E-state index < -0.39 is 35.2 Å². The quantitative estimate of drug-likeness (QED) is 0.302. The van der Waals surface area contributed by atoms with Gasteiger partial charge in [-0.2, -0.15) is 4.98 Å². The Kier molecular flexibility index (Phi) is 12.9. The molecule has 3 aromatic rings. The van der Waals surface area contributed by atoms with Crippen molar-refractivity contribution in [2.24, 2.45) is 0 Å². The zero-order chi connectivity index (χ0) is 34.9. The molecule has 3 heterocycles. The molecule has 0 spiro atoms. The van der Waals surface area contributed by atoms with Gasteiger partial charge in [0.15, 0.2) is 17.5 Å². The maximum atomic E-state index is 14.6. The van der Waals surface area contributed by atoms with Gasteiger partial charge >= 0.3 is 12.1 Å². The number of piperidine rings is 1. The van der Waals surface area contributed by atoms with E-state index in [0.717, 1.165) is 13.2 Å². The highest BCUT2D eigenvalue weighted by atomic mass is 19.2. The molecule has 1 saturated heterocycles. The normalized spacial score (nSPS) is 14.1. The molecule has 0 aliphatic carbocycles. The number of carbonyl (C=O) groups is 2. The summed E-state index contributed by atoms with van der Waals surface area (Å²) >= 11 is 0. The number of aromatic nitrogens is 4. The fourth-order valence-corrected chi connectivity index (χ4v) is 4.92. The number of hydrogen-bond donors (Lipinski definition) is 2. The van der Waals surface area contributed by atoms with Gasteiger partial charge in [-0.15, -0.1) is 0 Å². The first-order valence-corrected chi connectivity index (χ1v) is 15.2. The zero-order valence-corrected chi connectivity index (χ0v) is 27.8. The highest BCUT2D eigenvalue weighted by Gasteiger charge is 2.29. The summed E-state index contributed by atoms with van der Waals surface area (Å²) in [5.74, 6) is -3.00. The van der Waals surface area contributed by atoms with Crippen molar-refractivity contribution in [1.82, 2.24) is 30.3 Å². The van der Waals surface area contributed by atoms with Crippen LogP contribution in [0.15, 0.2) is 29.0 Å². The van der Waals surface area contributed by atoms with Crippen molar-refractivity contribution in [3.63, 3.8) is 0 Å². The number of nitrogens with one attached hydrogen (secondary N) is 1. The summed E-state index contributed by atoms with van der Waals surface area (Å²) < 4.78 is 52.8. The first-order valence-electron chi connectivity index (χ1n) is 15.2. The van der Waals surface area contributed by atoms with Crippen LogP contribution in [0.3, 0.4) is 0 Å². The van der Waals surface area contributed by atoms with Crippen molar-refractivity contribution in [3.8, 4) is 0 Å². The van der Waals surface area contributed by atoms with Crippen molar-refractivity contribution in [3.05, 3.63) is 58.9 Å². The van der Waals surface area contributed by atoms with E-state index in [1.165, 1.54) is 17.3 Å². The van der Waals surface area contributed by atoms with Crippen molar-refractivity contribution in [2.45, 2.75) is 78.1 Å². The Morgan fingerprint density at radius 1 is 1.11 bits per heavy atom. The molecule has 4 rings (SSSR count). The van der Waals surface area contributed by atoms with Gasteiger partial charge < -0.3 is 34.4 Å². The molecule has 258 valence electrons. The van der Waals surface area contributed by atoms with Gasteiger partial charge in [-0.05, 0) is 46.6 Å². The second-order valence-corrected chi connectivity index (χ2v) is 12.0. The third kappa shape index (κ3) is 10.3. The number of amides is 2. The van der Waals surface area contributed by atoms with E-state index in [2.05, 4.69) is 25.4 Å². The molecular weight excluding hydrogens is 621 g/mol. The number of rotatable bonds is 10. The standard InChI is InChI=1S/C30H39F3N8O4.CH4O/c1-7-25-37-28(45-38-25)40-10-8-21(9-11-40)39(6)26(42)20-14-34-27(35-15-20)41(16-18(2)36-29(43)44-30(3,4)5)17-19-12-23(32)24(33)13-22(19)31;1-2/h12-15,18,21H,7-11,16-17H2,1-6H3,(H,36,43);2H,1H3. The third-order valence-corrected chi connectivity index (χ3v) is 7.25. The van der Waals surface area contributed by atoms with Crippen molar-refractivity contribution < 1.29 is 37.1 Å². The maximum absolute atomic E-state index is 14.6. The Morgan fingerprint density at radius 2 is 1.72 bits per heavy atom. The van der Waals surface area contributed by atoms with Gasteiger partial charge in [-0.25, -0.2) is 27.9 Å². The van der Waals surface area contributed by atoms with Crippen LogP contribution in [0.2, 0.25) is 0 Å². The fourth-order valence-electron chi connectivity index (χ4n) is 4.92. The molecule has 2 aromatic heterocycles. The Bertz CT molecular complexity index is 1480. The van der Waals surface area contributed by atoms with Crippen LogP contribution in [0.25, 0.3) is 0 Å². The second kappa shape index (κ2) is 16.4. The van der Waals surface area contributed by atoms with Gasteiger partial charge in [0.2, 0.25) is 5.95 Å². The highest BCUT2D eigenvalue weighted by molar-refractivity contribution is 5.93. The molecule has 0 radical (unpaired) electrons. The molecule has 1 aliphatic rings. The summed E-state index contributed by atoms with van der Waals surface area (Å²) in [5.41, 5.74) is -0.618. The van der Waals surface area contributed by atoms with E-state index in [4.69, 9.17) is 14.4 Å². The molecule has 1 aliphatic heterocycles. The van der Waals surface area contributed by atoms with E-state index in [1.807, 2.05) is 11.8 Å². The van der Waals surface area contributed by atoms with Crippen LogP contribution in [-0.4, -0.2) is 93.6 Å². The van der Waals surface area contributed by atoms with E-state index in [9.17, 15) is 22.8 Å². The minimum Gasteiger partial charge on any atom is -0.444 e. The maximum Gasteiger partial charge on any atom is 0.407 e. The first kappa shape index (κ1) is 37.0. The van der Waals surface area contributed by atoms with E-state index in [-0.39, 0.29) is 42.1 Å².